The highest BCUT2D eigenvalue weighted by Crippen LogP contribution is 2.27. The molecule has 1 aliphatic heterocycles. The lowest BCUT2D eigenvalue weighted by molar-refractivity contribution is -0.136. The van der Waals surface area contributed by atoms with Gasteiger partial charge in [-0.3, -0.25) is 4.90 Å². The molecule has 0 saturated carbocycles. The average Bonchev–Trinajstić information content (AvgIpc) is 2.74. The molecule has 9 heteroatoms. The standard InChI is InChI=1S/C12H17F3N4O2/c1-8(3-2-4-12(13,14)15)18-5-9(6-18)19-7-10(11(20)21)16-17-19/h7-9H,2-6H2,1H3,(H,20,21). The molecule has 1 atom stereocenters. The number of carboxylic acid groups (broad SMARTS) is 1. The molecule has 0 bridgehead atoms. The molecule has 0 spiro atoms. The fourth-order valence-corrected chi connectivity index (χ4v) is 2.35. The topological polar surface area (TPSA) is 71.2 Å². The summed E-state index contributed by atoms with van der Waals surface area (Å²) in [5.74, 6) is -1.13. The van der Waals surface area contributed by atoms with Gasteiger partial charge in [0.2, 0.25) is 0 Å². The summed E-state index contributed by atoms with van der Waals surface area (Å²) in [4.78, 5) is 12.8. The number of aromatic carboxylic acids is 1. The lowest BCUT2D eigenvalue weighted by atomic mass is 10.0. The second kappa shape index (κ2) is 6.00. The van der Waals surface area contributed by atoms with Gasteiger partial charge in [0, 0.05) is 25.6 Å². The summed E-state index contributed by atoms with van der Waals surface area (Å²) >= 11 is 0. The van der Waals surface area contributed by atoms with Gasteiger partial charge in [-0.25, -0.2) is 9.48 Å². The van der Waals surface area contributed by atoms with E-state index in [0.29, 0.717) is 19.5 Å². The zero-order valence-corrected chi connectivity index (χ0v) is 11.5. The van der Waals surface area contributed by atoms with E-state index in [9.17, 15) is 18.0 Å². The molecule has 0 aliphatic carbocycles. The molecular formula is C12H17F3N4O2. The maximum Gasteiger partial charge on any atom is 0.389 e. The van der Waals surface area contributed by atoms with Crippen LogP contribution < -0.4 is 0 Å². The Balaban J connectivity index is 1.74. The number of hydrogen-bond acceptors (Lipinski definition) is 4. The Kier molecular flexibility index (Phi) is 4.50. The minimum atomic E-state index is -4.09. The van der Waals surface area contributed by atoms with Crippen LogP contribution in [0, 0.1) is 0 Å². The highest BCUT2D eigenvalue weighted by molar-refractivity contribution is 5.84. The number of halogens is 3. The van der Waals surface area contributed by atoms with Gasteiger partial charge in [-0.1, -0.05) is 5.21 Å². The third kappa shape index (κ3) is 4.16. The summed E-state index contributed by atoms with van der Waals surface area (Å²) in [6, 6.07) is 0.113. The van der Waals surface area contributed by atoms with E-state index < -0.39 is 18.6 Å². The number of hydrogen-bond donors (Lipinski definition) is 1. The molecule has 118 valence electrons. The van der Waals surface area contributed by atoms with Gasteiger partial charge in [0.15, 0.2) is 5.69 Å². The molecule has 2 heterocycles. The fourth-order valence-electron chi connectivity index (χ4n) is 2.35. The van der Waals surface area contributed by atoms with Crippen molar-refractivity contribution in [2.75, 3.05) is 13.1 Å². The molecule has 1 saturated heterocycles. The number of carboxylic acids is 1. The first-order chi connectivity index (χ1) is 9.76. The largest absolute Gasteiger partial charge is 0.476 e. The van der Waals surface area contributed by atoms with E-state index in [1.54, 1.807) is 0 Å². The van der Waals surface area contributed by atoms with E-state index in [2.05, 4.69) is 15.2 Å². The second-order valence-electron chi connectivity index (χ2n) is 5.35. The van der Waals surface area contributed by atoms with Crippen molar-refractivity contribution in [2.45, 2.75) is 44.4 Å². The molecule has 1 aliphatic rings. The Bertz CT molecular complexity index is 497. The van der Waals surface area contributed by atoms with E-state index in [1.165, 1.54) is 10.9 Å². The van der Waals surface area contributed by atoms with Crippen LogP contribution in [0.2, 0.25) is 0 Å². The van der Waals surface area contributed by atoms with Crippen molar-refractivity contribution in [1.29, 1.82) is 0 Å². The van der Waals surface area contributed by atoms with Crippen molar-refractivity contribution in [3.63, 3.8) is 0 Å². The van der Waals surface area contributed by atoms with Crippen molar-refractivity contribution < 1.29 is 23.1 Å². The minimum absolute atomic E-state index is 0.0377. The first-order valence-corrected chi connectivity index (χ1v) is 6.72. The number of alkyl halides is 3. The monoisotopic (exact) mass is 306 g/mol. The maximum atomic E-state index is 12.1. The van der Waals surface area contributed by atoms with Crippen LogP contribution in [-0.2, 0) is 0 Å². The molecule has 21 heavy (non-hydrogen) atoms. The molecular weight excluding hydrogens is 289 g/mol. The molecule has 1 unspecified atom stereocenters. The number of carbonyl (C=O) groups is 1. The van der Waals surface area contributed by atoms with E-state index in [-0.39, 0.29) is 24.2 Å². The average molecular weight is 306 g/mol. The van der Waals surface area contributed by atoms with Crippen molar-refractivity contribution in [2.24, 2.45) is 0 Å². The van der Waals surface area contributed by atoms with Gasteiger partial charge in [-0.2, -0.15) is 13.2 Å². The molecule has 6 nitrogen and oxygen atoms in total. The Labute approximate surface area is 119 Å². The van der Waals surface area contributed by atoms with Gasteiger partial charge >= 0.3 is 12.1 Å². The van der Waals surface area contributed by atoms with Gasteiger partial charge in [0.05, 0.1) is 12.2 Å². The van der Waals surface area contributed by atoms with Gasteiger partial charge in [0.1, 0.15) is 0 Å². The summed E-state index contributed by atoms with van der Waals surface area (Å²) in [5, 5.41) is 16.0. The smallest absolute Gasteiger partial charge is 0.389 e. The zero-order chi connectivity index (χ0) is 15.6. The minimum Gasteiger partial charge on any atom is -0.476 e. The third-order valence-electron chi connectivity index (χ3n) is 3.70. The normalized spacial score (nSPS) is 18.5. The van der Waals surface area contributed by atoms with Crippen molar-refractivity contribution in [3.05, 3.63) is 11.9 Å². The van der Waals surface area contributed by atoms with Crippen molar-refractivity contribution in [3.8, 4) is 0 Å². The molecule has 0 radical (unpaired) electrons. The van der Waals surface area contributed by atoms with Gasteiger partial charge in [0.25, 0.3) is 0 Å². The summed E-state index contributed by atoms with van der Waals surface area (Å²) in [7, 11) is 0. The third-order valence-corrected chi connectivity index (χ3v) is 3.70. The summed E-state index contributed by atoms with van der Waals surface area (Å²) < 4.78 is 37.7. The number of rotatable bonds is 6. The van der Waals surface area contributed by atoms with Crippen LogP contribution in [0.1, 0.15) is 42.7 Å². The Morgan fingerprint density at radius 3 is 2.71 bits per heavy atom. The molecule has 0 aromatic carbocycles. The van der Waals surface area contributed by atoms with Crippen LogP contribution in [0.4, 0.5) is 13.2 Å². The Morgan fingerprint density at radius 1 is 1.52 bits per heavy atom. The number of likely N-dealkylation sites (tertiary alicyclic amines) is 1. The summed E-state index contributed by atoms with van der Waals surface area (Å²) in [6.07, 6.45) is -2.86. The highest BCUT2D eigenvalue weighted by Gasteiger charge is 2.33. The molecule has 1 N–H and O–H groups in total. The fraction of sp³-hybridized carbons (Fsp3) is 0.750. The predicted octanol–water partition coefficient (Wildman–Crippen LogP) is 1.95. The van der Waals surface area contributed by atoms with Gasteiger partial charge in [-0.05, 0) is 19.8 Å². The SMILES string of the molecule is CC(CCCC(F)(F)F)N1CC(n2cc(C(=O)O)nn2)C1. The zero-order valence-electron chi connectivity index (χ0n) is 11.5. The van der Waals surface area contributed by atoms with Crippen LogP contribution in [0.3, 0.4) is 0 Å². The molecule has 1 aromatic rings. The number of aromatic nitrogens is 3. The molecule has 1 fully saturated rings. The lowest BCUT2D eigenvalue weighted by Gasteiger charge is -2.43. The van der Waals surface area contributed by atoms with Gasteiger partial charge in [-0.15, -0.1) is 5.10 Å². The quantitative estimate of drug-likeness (QED) is 0.870. The highest BCUT2D eigenvalue weighted by atomic mass is 19.4. The number of nitrogens with zero attached hydrogens (tertiary/aromatic N) is 4. The van der Waals surface area contributed by atoms with Crippen LogP contribution in [-0.4, -0.2) is 56.3 Å². The van der Waals surface area contributed by atoms with Crippen molar-refractivity contribution in [1.82, 2.24) is 19.9 Å². The Morgan fingerprint density at radius 2 is 2.19 bits per heavy atom. The predicted molar refractivity (Wildman–Crippen MR) is 67.0 cm³/mol. The van der Waals surface area contributed by atoms with E-state index >= 15 is 0 Å². The second-order valence-corrected chi connectivity index (χ2v) is 5.35. The van der Waals surface area contributed by atoms with Crippen LogP contribution in [0.15, 0.2) is 6.20 Å². The molecule has 1 aromatic heterocycles. The molecule has 2 rings (SSSR count). The van der Waals surface area contributed by atoms with E-state index in [4.69, 9.17) is 5.11 Å². The lowest BCUT2D eigenvalue weighted by Crippen LogP contribution is -2.52. The van der Waals surface area contributed by atoms with Gasteiger partial charge < -0.3 is 5.11 Å². The molecule has 0 amide bonds. The summed E-state index contributed by atoms with van der Waals surface area (Å²) in [5.41, 5.74) is -0.105. The Hall–Kier alpha value is -1.64. The van der Waals surface area contributed by atoms with Crippen LogP contribution in [0.5, 0.6) is 0 Å². The van der Waals surface area contributed by atoms with Crippen LogP contribution >= 0.6 is 0 Å². The first kappa shape index (κ1) is 15.7. The van der Waals surface area contributed by atoms with Crippen LogP contribution in [0.25, 0.3) is 0 Å². The first-order valence-electron chi connectivity index (χ1n) is 6.72. The summed E-state index contributed by atoms with van der Waals surface area (Å²) in [6.45, 7) is 3.20. The maximum absolute atomic E-state index is 12.1. The van der Waals surface area contributed by atoms with E-state index in [0.717, 1.165) is 0 Å². The van der Waals surface area contributed by atoms with E-state index in [1.807, 2.05) is 6.92 Å². The van der Waals surface area contributed by atoms with Crippen molar-refractivity contribution >= 4 is 5.97 Å².